The van der Waals surface area contributed by atoms with Crippen LogP contribution in [0.4, 0.5) is 17.4 Å². The number of benzene rings is 2. The predicted molar refractivity (Wildman–Crippen MR) is 75.8 cm³/mol. The SMILES string of the molecule is Nc1ccc2oc(Nc3ccc(Br)cc3)nc2c1. The fraction of sp³-hybridized carbons (Fsp3) is 0. The van der Waals surface area contributed by atoms with Crippen molar-refractivity contribution in [2.45, 2.75) is 0 Å². The lowest BCUT2D eigenvalue weighted by atomic mass is 10.3. The van der Waals surface area contributed by atoms with Gasteiger partial charge in [-0.2, -0.15) is 4.98 Å². The number of anilines is 3. The number of halogens is 1. The lowest BCUT2D eigenvalue weighted by molar-refractivity contribution is 0.623. The van der Waals surface area contributed by atoms with Gasteiger partial charge in [0, 0.05) is 15.8 Å². The summed E-state index contributed by atoms with van der Waals surface area (Å²) in [5.41, 5.74) is 8.74. The molecule has 0 spiro atoms. The maximum absolute atomic E-state index is 5.70. The summed E-state index contributed by atoms with van der Waals surface area (Å²) < 4.78 is 6.59. The Balaban J connectivity index is 1.92. The smallest absolute Gasteiger partial charge is 0.300 e. The van der Waals surface area contributed by atoms with Gasteiger partial charge in [-0.1, -0.05) is 15.9 Å². The van der Waals surface area contributed by atoms with Gasteiger partial charge in [-0.15, -0.1) is 0 Å². The molecule has 5 heteroatoms. The van der Waals surface area contributed by atoms with E-state index in [2.05, 4.69) is 26.2 Å². The van der Waals surface area contributed by atoms with E-state index >= 15 is 0 Å². The predicted octanol–water partition coefficient (Wildman–Crippen LogP) is 3.92. The molecule has 0 atom stereocenters. The van der Waals surface area contributed by atoms with E-state index in [1.54, 1.807) is 12.1 Å². The molecule has 90 valence electrons. The first-order valence-corrected chi connectivity index (χ1v) is 6.19. The number of hydrogen-bond acceptors (Lipinski definition) is 4. The van der Waals surface area contributed by atoms with Crippen molar-refractivity contribution in [1.29, 1.82) is 0 Å². The van der Waals surface area contributed by atoms with Crippen LogP contribution in [0.2, 0.25) is 0 Å². The molecule has 0 amide bonds. The highest BCUT2D eigenvalue weighted by molar-refractivity contribution is 9.10. The lowest BCUT2D eigenvalue weighted by Gasteiger charge is -2.00. The van der Waals surface area contributed by atoms with Crippen molar-refractivity contribution in [3.8, 4) is 0 Å². The molecule has 0 unspecified atom stereocenters. The zero-order valence-corrected chi connectivity index (χ0v) is 10.9. The van der Waals surface area contributed by atoms with Gasteiger partial charge >= 0.3 is 0 Å². The van der Waals surface area contributed by atoms with Crippen molar-refractivity contribution >= 4 is 44.4 Å². The second-order valence-electron chi connectivity index (χ2n) is 3.88. The molecule has 0 aliphatic carbocycles. The molecule has 0 aliphatic rings. The summed E-state index contributed by atoms with van der Waals surface area (Å²) in [4.78, 5) is 4.32. The third kappa shape index (κ3) is 2.17. The van der Waals surface area contributed by atoms with Crippen LogP contribution in [-0.4, -0.2) is 4.98 Å². The van der Waals surface area contributed by atoms with Crippen molar-refractivity contribution in [3.63, 3.8) is 0 Å². The number of nitrogens with zero attached hydrogens (tertiary/aromatic N) is 1. The normalized spacial score (nSPS) is 10.7. The Labute approximate surface area is 112 Å². The molecule has 0 saturated carbocycles. The second kappa shape index (κ2) is 4.34. The van der Waals surface area contributed by atoms with Gasteiger partial charge in [0.1, 0.15) is 5.52 Å². The molecular weight excluding hydrogens is 294 g/mol. The molecule has 2 aromatic carbocycles. The van der Waals surface area contributed by atoms with Gasteiger partial charge in [0.25, 0.3) is 6.01 Å². The zero-order chi connectivity index (χ0) is 12.5. The molecule has 18 heavy (non-hydrogen) atoms. The fourth-order valence-corrected chi connectivity index (χ4v) is 1.92. The number of fused-ring (bicyclic) bond motifs is 1. The maximum Gasteiger partial charge on any atom is 0.300 e. The van der Waals surface area contributed by atoms with E-state index in [1.165, 1.54) is 0 Å². The van der Waals surface area contributed by atoms with Gasteiger partial charge in [0.15, 0.2) is 5.58 Å². The van der Waals surface area contributed by atoms with E-state index in [0.29, 0.717) is 17.3 Å². The molecule has 3 rings (SSSR count). The van der Waals surface area contributed by atoms with Crippen molar-refractivity contribution in [1.82, 2.24) is 4.98 Å². The minimum atomic E-state index is 0.456. The summed E-state index contributed by atoms with van der Waals surface area (Å²) in [5, 5.41) is 3.10. The molecule has 0 aliphatic heterocycles. The highest BCUT2D eigenvalue weighted by Gasteiger charge is 2.05. The molecular formula is C13H10BrN3O. The minimum Gasteiger partial charge on any atom is -0.423 e. The number of aromatic nitrogens is 1. The number of nitrogens with one attached hydrogen (secondary N) is 1. The highest BCUT2D eigenvalue weighted by Crippen LogP contribution is 2.24. The standard InChI is InChI=1S/C13H10BrN3O/c14-8-1-4-10(5-2-8)16-13-17-11-7-9(15)3-6-12(11)18-13/h1-7H,15H2,(H,16,17). The highest BCUT2D eigenvalue weighted by atomic mass is 79.9. The summed E-state index contributed by atoms with van der Waals surface area (Å²) in [7, 11) is 0. The molecule has 3 N–H and O–H groups in total. The van der Waals surface area contributed by atoms with Gasteiger partial charge < -0.3 is 15.5 Å². The van der Waals surface area contributed by atoms with Gasteiger partial charge in [-0.05, 0) is 42.5 Å². The Bertz CT molecular complexity index is 691. The largest absolute Gasteiger partial charge is 0.423 e. The topological polar surface area (TPSA) is 64.1 Å². The summed E-state index contributed by atoms with van der Waals surface area (Å²) in [6.45, 7) is 0. The fourth-order valence-electron chi connectivity index (χ4n) is 1.65. The molecule has 3 aromatic rings. The third-order valence-electron chi connectivity index (χ3n) is 2.51. The first kappa shape index (κ1) is 11.1. The number of rotatable bonds is 2. The maximum atomic E-state index is 5.70. The van der Waals surface area contributed by atoms with Crippen LogP contribution in [0.5, 0.6) is 0 Å². The number of nitrogens with two attached hydrogens (primary N) is 1. The van der Waals surface area contributed by atoms with Gasteiger partial charge in [-0.25, -0.2) is 0 Å². The molecule has 0 saturated heterocycles. The molecule has 4 nitrogen and oxygen atoms in total. The van der Waals surface area contributed by atoms with E-state index in [-0.39, 0.29) is 0 Å². The van der Waals surface area contributed by atoms with Crippen molar-refractivity contribution in [2.24, 2.45) is 0 Å². The summed E-state index contributed by atoms with van der Waals surface area (Å²) in [5.74, 6) is 0. The molecule has 0 fully saturated rings. The Morgan fingerprint density at radius 3 is 2.67 bits per heavy atom. The molecule has 0 radical (unpaired) electrons. The van der Waals surface area contributed by atoms with E-state index in [9.17, 15) is 0 Å². The van der Waals surface area contributed by atoms with E-state index in [0.717, 1.165) is 15.7 Å². The Morgan fingerprint density at radius 2 is 1.89 bits per heavy atom. The zero-order valence-electron chi connectivity index (χ0n) is 9.35. The summed E-state index contributed by atoms with van der Waals surface area (Å²) in [6.07, 6.45) is 0. The number of nitrogen functional groups attached to an aromatic ring is 1. The minimum absolute atomic E-state index is 0.456. The molecule has 1 heterocycles. The van der Waals surface area contributed by atoms with E-state index in [1.807, 2.05) is 30.3 Å². The van der Waals surface area contributed by atoms with Crippen LogP contribution in [0.3, 0.4) is 0 Å². The Kier molecular flexibility index (Phi) is 2.68. The van der Waals surface area contributed by atoms with Crippen LogP contribution < -0.4 is 11.1 Å². The van der Waals surface area contributed by atoms with Crippen LogP contribution in [0.15, 0.2) is 51.4 Å². The molecule has 1 aromatic heterocycles. The van der Waals surface area contributed by atoms with Gasteiger partial charge in [0.2, 0.25) is 0 Å². The first-order valence-electron chi connectivity index (χ1n) is 5.39. The summed E-state index contributed by atoms with van der Waals surface area (Å²) >= 11 is 3.39. The van der Waals surface area contributed by atoms with Crippen LogP contribution in [-0.2, 0) is 0 Å². The van der Waals surface area contributed by atoms with Crippen molar-refractivity contribution in [2.75, 3.05) is 11.1 Å². The van der Waals surface area contributed by atoms with Crippen LogP contribution in [0, 0.1) is 0 Å². The van der Waals surface area contributed by atoms with Crippen molar-refractivity contribution < 1.29 is 4.42 Å². The average Bonchev–Trinajstić information content (AvgIpc) is 2.73. The van der Waals surface area contributed by atoms with Crippen LogP contribution in [0.1, 0.15) is 0 Å². The first-order chi connectivity index (χ1) is 8.70. The van der Waals surface area contributed by atoms with Crippen molar-refractivity contribution in [3.05, 3.63) is 46.9 Å². The van der Waals surface area contributed by atoms with Crippen LogP contribution >= 0.6 is 15.9 Å². The Hall–Kier alpha value is -2.01. The lowest BCUT2D eigenvalue weighted by Crippen LogP contribution is -1.89. The van der Waals surface area contributed by atoms with Crippen LogP contribution in [0.25, 0.3) is 11.1 Å². The van der Waals surface area contributed by atoms with Gasteiger partial charge in [0.05, 0.1) is 0 Å². The number of hydrogen-bond donors (Lipinski definition) is 2. The quantitative estimate of drug-likeness (QED) is 0.704. The average molecular weight is 304 g/mol. The van der Waals surface area contributed by atoms with Gasteiger partial charge in [-0.3, -0.25) is 0 Å². The second-order valence-corrected chi connectivity index (χ2v) is 4.79. The number of oxazole rings is 1. The summed E-state index contributed by atoms with van der Waals surface area (Å²) in [6, 6.07) is 13.6. The van der Waals surface area contributed by atoms with E-state index in [4.69, 9.17) is 10.2 Å². The third-order valence-corrected chi connectivity index (χ3v) is 3.04. The monoisotopic (exact) mass is 303 g/mol. The van der Waals surface area contributed by atoms with E-state index < -0.39 is 0 Å². The molecule has 0 bridgehead atoms. The Morgan fingerprint density at radius 1 is 1.11 bits per heavy atom.